The number of aromatic nitrogens is 1. The molecule has 6 heteroatoms. The largest absolute Gasteiger partial charge is 0.241 e. The van der Waals surface area contributed by atoms with Gasteiger partial charge in [-0.15, -0.1) is 11.3 Å². The molecule has 1 aromatic heterocycles. The molecule has 1 aliphatic heterocycles. The van der Waals surface area contributed by atoms with Gasteiger partial charge < -0.3 is 0 Å². The Balaban J connectivity index is 1.43. The molecule has 134 valence electrons. The van der Waals surface area contributed by atoms with E-state index in [9.17, 15) is 8.42 Å². The maximum atomic E-state index is 12.6. The molecule has 0 aliphatic carbocycles. The number of para-hydroxylation sites is 1. The van der Waals surface area contributed by atoms with Crippen LogP contribution in [0.1, 0.15) is 29.3 Å². The van der Waals surface area contributed by atoms with Crippen LogP contribution in [-0.2, 0) is 10.0 Å². The zero-order chi connectivity index (χ0) is 18.0. The highest BCUT2D eigenvalue weighted by atomic mass is 32.2. The maximum absolute atomic E-state index is 12.6. The van der Waals surface area contributed by atoms with Crippen molar-refractivity contribution < 1.29 is 8.42 Å². The van der Waals surface area contributed by atoms with E-state index < -0.39 is 10.0 Å². The van der Waals surface area contributed by atoms with Crippen LogP contribution in [0.3, 0.4) is 0 Å². The van der Waals surface area contributed by atoms with Crippen molar-refractivity contribution in [2.45, 2.75) is 18.8 Å². The van der Waals surface area contributed by atoms with Gasteiger partial charge in [-0.2, -0.15) is 4.31 Å². The van der Waals surface area contributed by atoms with Crippen LogP contribution in [-0.4, -0.2) is 30.8 Å². The molecular formula is C20H20N2O2S2. The summed E-state index contributed by atoms with van der Waals surface area (Å²) in [6, 6.07) is 17.6. The molecule has 3 aromatic rings. The van der Waals surface area contributed by atoms with Gasteiger partial charge in [0.15, 0.2) is 0 Å². The molecule has 1 fully saturated rings. The summed E-state index contributed by atoms with van der Waals surface area (Å²) in [6.45, 7) is 1.09. The Bertz CT molecular complexity index is 985. The van der Waals surface area contributed by atoms with Gasteiger partial charge in [0, 0.05) is 24.4 Å². The smallest absolute Gasteiger partial charge is 0.236 e. The second kappa shape index (κ2) is 7.31. The summed E-state index contributed by atoms with van der Waals surface area (Å²) in [6.07, 6.45) is 3.30. The van der Waals surface area contributed by atoms with Crippen LogP contribution in [0.5, 0.6) is 0 Å². The number of sulfonamides is 1. The van der Waals surface area contributed by atoms with Crippen LogP contribution < -0.4 is 0 Å². The van der Waals surface area contributed by atoms with E-state index in [1.54, 1.807) is 21.7 Å². The number of hydrogen-bond acceptors (Lipinski definition) is 4. The predicted octanol–water partition coefficient (Wildman–Crippen LogP) is 4.48. The summed E-state index contributed by atoms with van der Waals surface area (Å²) in [7, 11) is -3.38. The first-order chi connectivity index (χ1) is 12.6. The fourth-order valence-electron chi connectivity index (χ4n) is 3.24. The molecule has 0 N–H and O–H groups in total. The van der Waals surface area contributed by atoms with Crippen LogP contribution in [0, 0.1) is 0 Å². The molecule has 1 aliphatic rings. The minimum Gasteiger partial charge on any atom is -0.241 e. The standard InChI is InChI=1S/C20H20N2O2S2/c23-26(24,15-12-16-6-2-1-3-7-16)22-13-10-17(11-14-22)20-21-18-8-4-5-9-19(18)25-20/h1-9,12,15,17H,10-11,13-14H2/b15-12+. The van der Waals surface area contributed by atoms with Gasteiger partial charge >= 0.3 is 0 Å². The molecule has 0 amide bonds. The van der Waals surface area contributed by atoms with Crippen LogP contribution >= 0.6 is 11.3 Å². The van der Waals surface area contributed by atoms with E-state index in [2.05, 4.69) is 6.07 Å². The van der Waals surface area contributed by atoms with Crippen molar-refractivity contribution in [3.8, 4) is 0 Å². The molecule has 4 rings (SSSR count). The van der Waals surface area contributed by atoms with Crippen molar-refractivity contribution in [1.29, 1.82) is 0 Å². The lowest BCUT2D eigenvalue weighted by atomic mass is 9.99. The highest BCUT2D eigenvalue weighted by Crippen LogP contribution is 2.34. The van der Waals surface area contributed by atoms with Crippen molar-refractivity contribution in [1.82, 2.24) is 9.29 Å². The Kier molecular flexibility index (Phi) is 4.89. The van der Waals surface area contributed by atoms with Gasteiger partial charge in [-0.05, 0) is 36.6 Å². The summed E-state index contributed by atoms with van der Waals surface area (Å²) < 4.78 is 27.9. The summed E-state index contributed by atoms with van der Waals surface area (Å²) in [5.74, 6) is 0.344. The fourth-order valence-corrected chi connectivity index (χ4v) is 5.59. The molecule has 4 nitrogen and oxygen atoms in total. The molecule has 1 saturated heterocycles. The summed E-state index contributed by atoms with van der Waals surface area (Å²) in [5, 5.41) is 2.45. The molecule has 0 radical (unpaired) electrons. The summed E-state index contributed by atoms with van der Waals surface area (Å²) in [4.78, 5) is 4.74. The molecule has 0 bridgehead atoms. The number of rotatable bonds is 4. The van der Waals surface area contributed by atoms with Crippen molar-refractivity contribution in [2.24, 2.45) is 0 Å². The van der Waals surface area contributed by atoms with E-state index in [1.165, 1.54) is 10.1 Å². The molecule has 0 spiro atoms. The minimum absolute atomic E-state index is 0.344. The third-order valence-corrected chi connectivity index (χ3v) is 7.47. The van der Waals surface area contributed by atoms with Crippen molar-refractivity contribution in [3.63, 3.8) is 0 Å². The van der Waals surface area contributed by atoms with E-state index in [0.717, 1.165) is 28.9 Å². The molecule has 0 atom stereocenters. The normalized spacial score (nSPS) is 17.2. The Morgan fingerprint density at radius 2 is 1.69 bits per heavy atom. The van der Waals surface area contributed by atoms with Gasteiger partial charge in [0.2, 0.25) is 10.0 Å². The van der Waals surface area contributed by atoms with E-state index in [1.807, 2.05) is 48.5 Å². The van der Waals surface area contributed by atoms with Crippen molar-refractivity contribution in [2.75, 3.05) is 13.1 Å². The Morgan fingerprint density at radius 3 is 2.42 bits per heavy atom. The lowest BCUT2D eigenvalue weighted by Gasteiger charge is -2.29. The Hall–Kier alpha value is -2.02. The highest BCUT2D eigenvalue weighted by Gasteiger charge is 2.28. The summed E-state index contributed by atoms with van der Waals surface area (Å²) >= 11 is 1.73. The molecule has 0 saturated carbocycles. The average molecular weight is 385 g/mol. The van der Waals surface area contributed by atoms with Crippen molar-refractivity contribution in [3.05, 3.63) is 70.6 Å². The zero-order valence-electron chi connectivity index (χ0n) is 14.3. The van der Waals surface area contributed by atoms with Gasteiger partial charge in [0.05, 0.1) is 15.2 Å². The number of benzene rings is 2. The minimum atomic E-state index is -3.38. The molecule has 0 unspecified atom stereocenters. The fraction of sp³-hybridized carbons (Fsp3) is 0.250. The van der Waals surface area contributed by atoms with Crippen molar-refractivity contribution >= 4 is 37.7 Å². The predicted molar refractivity (Wildman–Crippen MR) is 108 cm³/mol. The zero-order valence-corrected chi connectivity index (χ0v) is 15.9. The second-order valence-electron chi connectivity index (χ2n) is 6.45. The van der Waals surface area contributed by atoms with Gasteiger partial charge in [-0.3, -0.25) is 0 Å². The van der Waals surface area contributed by atoms with Gasteiger partial charge in [-0.1, -0.05) is 42.5 Å². The lowest BCUT2D eigenvalue weighted by Crippen LogP contribution is -2.36. The number of thiazole rings is 1. The van der Waals surface area contributed by atoms with Crippen LogP contribution in [0.4, 0.5) is 0 Å². The molecule has 2 heterocycles. The summed E-state index contributed by atoms with van der Waals surface area (Å²) in [5.41, 5.74) is 1.92. The van der Waals surface area contributed by atoms with Gasteiger partial charge in [0.25, 0.3) is 0 Å². The third kappa shape index (κ3) is 3.72. The van der Waals surface area contributed by atoms with E-state index in [0.29, 0.717) is 19.0 Å². The first-order valence-corrected chi connectivity index (χ1v) is 11.0. The van der Waals surface area contributed by atoms with Crippen LogP contribution in [0.15, 0.2) is 60.0 Å². The molecular weight excluding hydrogens is 364 g/mol. The quantitative estimate of drug-likeness (QED) is 0.666. The number of fused-ring (bicyclic) bond motifs is 1. The van der Waals surface area contributed by atoms with E-state index in [4.69, 9.17) is 4.98 Å². The topological polar surface area (TPSA) is 50.3 Å². The Morgan fingerprint density at radius 1 is 1.00 bits per heavy atom. The lowest BCUT2D eigenvalue weighted by molar-refractivity contribution is 0.322. The number of nitrogens with zero attached hydrogens (tertiary/aromatic N) is 2. The Labute approximate surface area is 157 Å². The number of piperidine rings is 1. The number of hydrogen-bond donors (Lipinski definition) is 0. The van der Waals surface area contributed by atoms with E-state index in [-0.39, 0.29) is 0 Å². The first-order valence-electron chi connectivity index (χ1n) is 8.70. The van der Waals surface area contributed by atoms with Crippen LogP contribution in [0.25, 0.3) is 16.3 Å². The van der Waals surface area contributed by atoms with Gasteiger partial charge in [0.1, 0.15) is 0 Å². The first kappa shape index (κ1) is 17.4. The molecule has 2 aromatic carbocycles. The van der Waals surface area contributed by atoms with Crippen LogP contribution in [0.2, 0.25) is 0 Å². The SMILES string of the molecule is O=S(=O)(/C=C/c1ccccc1)N1CCC(c2nc3ccccc3s2)CC1. The third-order valence-electron chi connectivity index (χ3n) is 4.71. The monoisotopic (exact) mass is 384 g/mol. The maximum Gasteiger partial charge on any atom is 0.236 e. The molecule has 26 heavy (non-hydrogen) atoms. The second-order valence-corrected chi connectivity index (χ2v) is 9.33. The average Bonchev–Trinajstić information content (AvgIpc) is 3.12. The van der Waals surface area contributed by atoms with E-state index >= 15 is 0 Å². The van der Waals surface area contributed by atoms with Gasteiger partial charge in [-0.25, -0.2) is 13.4 Å². The highest BCUT2D eigenvalue weighted by molar-refractivity contribution is 7.92.